The molecule has 2 N–H and O–H groups in total. The van der Waals surface area contributed by atoms with Gasteiger partial charge in [-0.25, -0.2) is 4.79 Å². The molecule has 1 aromatic carbocycles. The zero-order chi connectivity index (χ0) is 12.1. The van der Waals surface area contributed by atoms with Crippen LogP contribution in [0.3, 0.4) is 0 Å². The van der Waals surface area contributed by atoms with Crippen LogP contribution < -0.4 is 5.73 Å². The highest BCUT2D eigenvalue weighted by molar-refractivity contribution is 5.68. The molecule has 0 spiro atoms. The van der Waals surface area contributed by atoms with Crippen molar-refractivity contribution in [2.75, 3.05) is 6.54 Å². The molecule has 1 aliphatic heterocycles. The summed E-state index contributed by atoms with van der Waals surface area (Å²) >= 11 is 0. The van der Waals surface area contributed by atoms with Crippen LogP contribution in [0.25, 0.3) is 0 Å². The third-order valence-corrected chi connectivity index (χ3v) is 2.99. The molecule has 1 fully saturated rings. The van der Waals surface area contributed by atoms with E-state index in [0.717, 1.165) is 24.8 Å². The van der Waals surface area contributed by atoms with Gasteiger partial charge in [-0.2, -0.15) is 0 Å². The Hall–Kier alpha value is -1.55. The molecule has 92 valence electrons. The monoisotopic (exact) mass is 234 g/mol. The third kappa shape index (κ3) is 3.20. The SMILES string of the molecule is NC1CCCCN1C(=O)OCc1ccccc1. The summed E-state index contributed by atoms with van der Waals surface area (Å²) < 4.78 is 5.24. The summed E-state index contributed by atoms with van der Waals surface area (Å²) in [5.41, 5.74) is 6.87. The van der Waals surface area contributed by atoms with E-state index in [1.165, 1.54) is 0 Å². The number of carbonyl (C=O) groups excluding carboxylic acids is 1. The minimum Gasteiger partial charge on any atom is -0.445 e. The summed E-state index contributed by atoms with van der Waals surface area (Å²) in [6, 6.07) is 9.66. The topological polar surface area (TPSA) is 55.6 Å². The average Bonchev–Trinajstić information content (AvgIpc) is 2.38. The molecule has 1 heterocycles. The quantitative estimate of drug-likeness (QED) is 0.852. The van der Waals surface area contributed by atoms with E-state index in [1.54, 1.807) is 4.90 Å². The maximum Gasteiger partial charge on any atom is 0.411 e. The van der Waals surface area contributed by atoms with E-state index in [2.05, 4.69) is 0 Å². The van der Waals surface area contributed by atoms with E-state index in [9.17, 15) is 4.79 Å². The van der Waals surface area contributed by atoms with Crippen molar-refractivity contribution < 1.29 is 9.53 Å². The Morgan fingerprint density at radius 2 is 2.12 bits per heavy atom. The van der Waals surface area contributed by atoms with Crippen molar-refractivity contribution in [3.63, 3.8) is 0 Å². The van der Waals surface area contributed by atoms with Gasteiger partial charge in [0.05, 0.1) is 6.17 Å². The van der Waals surface area contributed by atoms with Gasteiger partial charge in [-0.15, -0.1) is 0 Å². The molecule has 4 nitrogen and oxygen atoms in total. The summed E-state index contributed by atoms with van der Waals surface area (Å²) in [6.07, 6.45) is 2.46. The highest BCUT2D eigenvalue weighted by atomic mass is 16.6. The largest absolute Gasteiger partial charge is 0.445 e. The number of likely N-dealkylation sites (tertiary alicyclic amines) is 1. The van der Waals surface area contributed by atoms with Crippen LogP contribution in [0.2, 0.25) is 0 Å². The predicted molar refractivity (Wildman–Crippen MR) is 65.2 cm³/mol. The van der Waals surface area contributed by atoms with Gasteiger partial charge in [-0.3, -0.25) is 4.90 Å². The van der Waals surface area contributed by atoms with E-state index < -0.39 is 0 Å². The summed E-state index contributed by atoms with van der Waals surface area (Å²) in [7, 11) is 0. The van der Waals surface area contributed by atoms with Crippen LogP contribution in [0.15, 0.2) is 30.3 Å². The van der Waals surface area contributed by atoms with Crippen molar-refractivity contribution in [1.82, 2.24) is 4.90 Å². The Bertz CT molecular complexity index is 367. The van der Waals surface area contributed by atoms with Crippen LogP contribution >= 0.6 is 0 Å². The highest BCUT2D eigenvalue weighted by Gasteiger charge is 2.24. The molecule has 0 radical (unpaired) electrons. The Morgan fingerprint density at radius 1 is 1.35 bits per heavy atom. The van der Waals surface area contributed by atoms with Gasteiger partial charge in [-0.1, -0.05) is 30.3 Å². The normalized spacial score (nSPS) is 20.1. The van der Waals surface area contributed by atoms with E-state index >= 15 is 0 Å². The second kappa shape index (κ2) is 5.68. The number of ether oxygens (including phenoxy) is 1. The molecule has 4 heteroatoms. The van der Waals surface area contributed by atoms with Crippen LogP contribution in [0.4, 0.5) is 4.79 Å². The van der Waals surface area contributed by atoms with Crippen LogP contribution in [0.5, 0.6) is 0 Å². The molecule has 2 rings (SSSR count). The number of hydrogen-bond acceptors (Lipinski definition) is 3. The van der Waals surface area contributed by atoms with Crippen molar-refractivity contribution in [2.45, 2.75) is 32.0 Å². The number of rotatable bonds is 2. The lowest BCUT2D eigenvalue weighted by Crippen LogP contribution is -2.48. The van der Waals surface area contributed by atoms with Crippen molar-refractivity contribution >= 4 is 6.09 Å². The van der Waals surface area contributed by atoms with E-state index in [-0.39, 0.29) is 12.3 Å². The standard InChI is InChI=1S/C13H18N2O2/c14-12-8-4-5-9-15(12)13(16)17-10-11-6-2-1-3-7-11/h1-3,6-7,12H,4-5,8-10,14H2. The van der Waals surface area contributed by atoms with Gasteiger partial charge in [0.2, 0.25) is 0 Å². The van der Waals surface area contributed by atoms with Crippen molar-refractivity contribution in [2.24, 2.45) is 5.73 Å². The molecular weight excluding hydrogens is 216 g/mol. The Kier molecular flexibility index (Phi) is 3.98. The zero-order valence-corrected chi connectivity index (χ0v) is 9.84. The second-order valence-electron chi connectivity index (χ2n) is 4.30. The van der Waals surface area contributed by atoms with Gasteiger partial charge in [-0.05, 0) is 24.8 Å². The van der Waals surface area contributed by atoms with Crippen molar-refractivity contribution in [3.8, 4) is 0 Å². The van der Waals surface area contributed by atoms with Crippen molar-refractivity contribution in [3.05, 3.63) is 35.9 Å². The summed E-state index contributed by atoms with van der Waals surface area (Å²) in [4.78, 5) is 13.4. The Labute approximate surface area is 101 Å². The van der Waals surface area contributed by atoms with Crippen molar-refractivity contribution in [1.29, 1.82) is 0 Å². The molecule has 1 unspecified atom stereocenters. The van der Waals surface area contributed by atoms with Gasteiger partial charge < -0.3 is 10.5 Å². The van der Waals surface area contributed by atoms with Gasteiger partial charge >= 0.3 is 6.09 Å². The molecule has 1 aromatic rings. The average molecular weight is 234 g/mol. The second-order valence-corrected chi connectivity index (χ2v) is 4.30. The maximum atomic E-state index is 11.8. The van der Waals surface area contributed by atoms with E-state index in [0.29, 0.717) is 13.2 Å². The van der Waals surface area contributed by atoms with E-state index in [4.69, 9.17) is 10.5 Å². The van der Waals surface area contributed by atoms with Gasteiger partial charge in [0.25, 0.3) is 0 Å². The highest BCUT2D eigenvalue weighted by Crippen LogP contribution is 2.14. The summed E-state index contributed by atoms with van der Waals surface area (Å²) in [6.45, 7) is 1.01. The Balaban J connectivity index is 1.84. The van der Waals surface area contributed by atoms with Crippen LogP contribution in [-0.2, 0) is 11.3 Å². The summed E-state index contributed by atoms with van der Waals surface area (Å²) in [5, 5.41) is 0. The fraction of sp³-hybridized carbons (Fsp3) is 0.462. The summed E-state index contributed by atoms with van der Waals surface area (Å²) in [5.74, 6) is 0. The first-order valence-corrected chi connectivity index (χ1v) is 6.00. The maximum absolute atomic E-state index is 11.8. The van der Waals surface area contributed by atoms with Gasteiger partial charge in [0.15, 0.2) is 0 Å². The number of benzene rings is 1. The minimum atomic E-state index is -0.305. The fourth-order valence-corrected chi connectivity index (χ4v) is 1.99. The molecule has 0 bridgehead atoms. The molecular formula is C13H18N2O2. The van der Waals surface area contributed by atoms with E-state index in [1.807, 2.05) is 30.3 Å². The first kappa shape index (κ1) is 11.9. The number of hydrogen-bond donors (Lipinski definition) is 1. The van der Waals surface area contributed by atoms with Crippen LogP contribution in [0, 0.1) is 0 Å². The van der Waals surface area contributed by atoms with Crippen LogP contribution in [-0.4, -0.2) is 23.7 Å². The number of nitrogens with zero attached hydrogens (tertiary/aromatic N) is 1. The van der Waals surface area contributed by atoms with Gasteiger partial charge in [0, 0.05) is 6.54 Å². The number of nitrogens with two attached hydrogens (primary N) is 1. The van der Waals surface area contributed by atoms with Crippen LogP contribution in [0.1, 0.15) is 24.8 Å². The molecule has 1 atom stereocenters. The first-order chi connectivity index (χ1) is 8.27. The number of amides is 1. The predicted octanol–water partition coefficient (Wildman–Crippen LogP) is 2.09. The lowest BCUT2D eigenvalue weighted by Gasteiger charge is -2.32. The zero-order valence-electron chi connectivity index (χ0n) is 9.84. The van der Waals surface area contributed by atoms with Gasteiger partial charge in [0.1, 0.15) is 6.61 Å². The lowest BCUT2D eigenvalue weighted by molar-refractivity contribution is 0.0696. The molecule has 17 heavy (non-hydrogen) atoms. The first-order valence-electron chi connectivity index (χ1n) is 6.00. The number of carbonyl (C=O) groups is 1. The molecule has 0 aromatic heterocycles. The lowest BCUT2D eigenvalue weighted by atomic mass is 10.1. The fourth-order valence-electron chi connectivity index (χ4n) is 1.99. The smallest absolute Gasteiger partial charge is 0.411 e. The molecule has 1 aliphatic rings. The number of piperidine rings is 1. The Morgan fingerprint density at radius 3 is 2.82 bits per heavy atom. The molecule has 1 saturated heterocycles. The molecule has 0 aliphatic carbocycles. The molecule has 0 saturated carbocycles. The third-order valence-electron chi connectivity index (χ3n) is 2.99. The minimum absolute atomic E-state index is 0.188. The molecule has 1 amide bonds.